The fourth-order valence-corrected chi connectivity index (χ4v) is 3.55. The van der Waals surface area contributed by atoms with E-state index in [1.54, 1.807) is 7.11 Å². The van der Waals surface area contributed by atoms with Crippen LogP contribution in [-0.2, 0) is 6.54 Å². The van der Waals surface area contributed by atoms with Crippen LogP contribution in [0.25, 0.3) is 0 Å². The number of nitrogens with one attached hydrogen (secondary N) is 1. The number of aromatic nitrogens is 1. The standard InChI is InChI=1S/C16H26N4OS.HI/c1-5-17-15(20-9-10-22-16(2,3)12-20)18-11-13-7-6-8-14(19-13)21-4;/h6-8H,5,9-12H2,1-4H3,(H,17,18);1H. The maximum atomic E-state index is 5.16. The predicted octanol–water partition coefficient (Wildman–Crippen LogP) is 3.00. The summed E-state index contributed by atoms with van der Waals surface area (Å²) in [4.78, 5) is 11.5. The molecule has 1 aliphatic rings. The van der Waals surface area contributed by atoms with Crippen molar-refractivity contribution in [1.29, 1.82) is 0 Å². The van der Waals surface area contributed by atoms with Gasteiger partial charge in [0.1, 0.15) is 0 Å². The predicted molar refractivity (Wildman–Crippen MR) is 109 cm³/mol. The highest BCUT2D eigenvalue weighted by Crippen LogP contribution is 2.29. The number of hydrogen-bond acceptors (Lipinski definition) is 4. The molecular formula is C16H27IN4OS. The van der Waals surface area contributed by atoms with Gasteiger partial charge in [-0.25, -0.2) is 9.98 Å². The molecular weight excluding hydrogens is 423 g/mol. The van der Waals surface area contributed by atoms with Crippen LogP contribution in [0, 0.1) is 0 Å². The number of aliphatic imine (C=N–C) groups is 1. The van der Waals surface area contributed by atoms with Crippen molar-refractivity contribution in [3.8, 4) is 5.88 Å². The highest BCUT2D eigenvalue weighted by Gasteiger charge is 2.28. The SMILES string of the molecule is CCNC(=NCc1cccc(OC)n1)N1CCSC(C)(C)C1.I. The Morgan fingerprint density at radius 3 is 2.91 bits per heavy atom. The molecule has 1 N–H and O–H groups in total. The molecule has 1 aromatic heterocycles. The van der Waals surface area contributed by atoms with Crippen molar-refractivity contribution in [2.75, 3.05) is 32.5 Å². The van der Waals surface area contributed by atoms with Gasteiger partial charge in [0.25, 0.3) is 0 Å². The summed E-state index contributed by atoms with van der Waals surface area (Å²) in [5.74, 6) is 2.74. The Morgan fingerprint density at radius 1 is 1.48 bits per heavy atom. The second-order valence-corrected chi connectivity index (χ2v) is 7.67. The Kier molecular flexibility index (Phi) is 8.46. The van der Waals surface area contributed by atoms with Crippen molar-refractivity contribution < 1.29 is 4.74 Å². The normalized spacial score (nSPS) is 17.4. The highest BCUT2D eigenvalue weighted by atomic mass is 127. The largest absolute Gasteiger partial charge is 0.481 e. The summed E-state index contributed by atoms with van der Waals surface area (Å²) < 4.78 is 5.43. The molecule has 1 aliphatic heterocycles. The average molecular weight is 450 g/mol. The lowest BCUT2D eigenvalue weighted by Gasteiger charge is -2.39. The fourth-order valence-electron chi connectivity index (χ4n) is 2.44. The topological polar surface area (TPSA) is 49.8 Å². The third-order valence-corrected chi connectivity index (χ3v) is 4.74. The molecule has 0 amide bonds. The minimum Gasteiger partial charge on any atom is -0.481 e. The molecule has 0 radical (unpaired) electrons. The number of guanidine groups is 1. The molecule has 0 aliphatic carbocycles. The molecule has 2 rings (SSSR count). The number of nitrogens with zero attached hydrogens (tertiary/aromatic N) is 3. The van der Waals surface area contributed by atoms with Crippen LogP contribution < -0.4 is 10.1 Å². The van der Waals surface area contributed by atoms with Gasteiger partial charge in [0.05, 0.1) is 19.3 Å². The maximum Gasteiger partial charge on any atom is 0.213 e. The maximum absolute atomic E-state index is 5.16. The monoisotopic (exact) mass is 450 g/mol. The van der Waals surface area contributed by atoms with Crippen molar-refractivity contribution in [3.05, 3.63) is 23.9 Å². The lowest BCUT2D eigenvalue weighted by atomic mass is 10.2. The fraction of sp³-hybridized carbons (Fsp3) is 0.625. The van der Waals surface area contributed by atoms with E-state index < -0.39 is 0 Å². The Bertz CT molecular complexity index is 525. The number of ether oxygens (including phenoxy) is 1. The van der Waals surface area contributed by atoms with Crippen molar-refractivity contribution >= 4 is 41.7 Å². The average Bonchev–Trinajstić information content (AvgIpc) is 2.50. The van der Waals surface area contributed by atoms with Gasteiger partial charge in [0.15, 0.2) is 5.96 Å². The van der Waals surface area contributed by atoms with Gasteiger partial charge in [0, 0.05) is 36.2 Å². The van der Waals surface area contributed by atoms with Crippen molar-refractivity contribution in [3.63, 3.8) is 0 Å². The first-order valence-electron chi connectivity index (χ1n) is 7.71. The summed E-state index contributed by atoms with van der Waals surface area (Å²) in [5.41, 5.74) is 0.917. The molecule has 1 fully saturated rings. The smallest absolute Gasteiger partial charge is 0.213 e. The Labute approximate surface area is 160 Å². The van der Waals surface area contributed by atoms with Crippen molar-refractivity contribution in [2.45, 2.75) is 32.1 Å². The van der Waals surface area contributed by atoms with Crippen LogP contribution in [0.3, 0.4) is 0 Å². The van der Waals surface area contributed by atoms with Gasteiger partial charge >= 0.3 is 0 Å². The van der Waals surface area contributed by atoms with Gasteiger partial charge in [-0.2, -0.15) is 11.8 Å². The number of halogens is 1. The van der Waals surface area contributed by atoms with Crippen LogP contribution in [0.5, 0.6) is 5.88 Å². The van der Waals surface area contributed by atoms with E-state index in [2.05, 4.69) is 36.0 Å². The van der Waals surface area contributed by atoms with E-state index in [9.17, 15) is 0 Å². The van der Waals surface area contributed by atoms with Gasteiger partial charge in [-0.15, -0.1) is 24.0 Å². The molecule has 0 atom stereocenters. The summed E-state index contributed by atoms with van der Waals surface area (Å²) in [6.07, 6.45) is 0. The van der Waals surface area contributed by atoms with Gasteiger partial charge in [-0.3, -0.25) is 0 Å². The van der Waals surface area contributed by atoms with E-state index >= 15 is 0 Å². The molecule has 0 bridgehead atoms. The molecule has 0 unspecified atom stereocenters. The molecule has 1 saturated heterocycles. The number of pyridine rings is 1. The van der Waals surface area contributed by atoms with Crippen LogP contribution in [0.15, 0.2) is 23.2 Å². The van der Waals surface area contributed by atoms with E-state index in [0.717, 1.165) is 37.0 Å². The summed E-state index contributed by atoms with van der Waals surface area (Å²) >= 11 is 2.03. The minimum absolute atomic E-state index is 0. The van der Waals surface area contributed by atoms with Crippen LogP contribution in [0.2, 0.25) is 0 Å². The first kappa shape index (κ1) is 20.3. The molecule has 1 aromatic rings. The molecule has 23 heavy (non-hydrogen) atoms. The molecule has 2 heterocycles. The quantitative estimate of drug-likeness (QED) is 0.434. The Morgan fingerprint density at radius 2 is 2.26 bits per heavy atom. The van der Waals surface area contributed by atoms with Gasteiger partial charge in [0.2, 0.25) is 5.88 Å². The van der Waals surface area contributed by atoms with Crippen molar-refractivity contribution in [2.24, 2.45) is 4.99 Å². The highest BCUT2D eigenvalue weighted by molar-refractivity contribution is 14.0. The van der Waals surface area contributed by atoms with Crippen LogP contribution in [-0.4, -0.2) is 53.1 Å². The molecule has 0 aromatic carbocycles. The van der Waals surface area contributed by atoms with Crippen LogP contribution in [0.4, 0.5) is 0 Å². The summed E-state index contributed by atoms with van der Waals surface area (Å²) in [5, 5.41) is 3.40. The van der Waals surface area contributed by atoms with E-state index in [4.69, 9.17) is 9.73 Å². The third-order valence-electron chi connectivity index (χ3n) is 3.44. The number of methoxy groups -OCH3 is 1. The van der Waals surface area contributed by atoms with Crippen LogP contribution >= 0.6 is 35.7 Å². The third kappa shape index (κ3) is 6.37. The van der Waals surface area contributed by atoms with Crippen molar-refractivity contribution in [1.82, 2.24) is 15.2 Å². The zero-order chi connectivity index (χ0) is 16.0. The van der Waals surface area contributed by atoms with Gasteiger partial charge in [-0.1, -0.05) is 6.07 Å². The van der Waals surface area contributed by atoms with Gasteiger partial charge < -0.3 is 15.0 Å². The van der Waals surface area contributed by atoms with Crippen LogP contribution in [0.1, 0.15) is 26.5 Å². The second-order valence-electron chi connectivity index (χ2n) is 5.87. The molecule has 0 saturated carbocycles. The second kappa shape index (κ2) is 9.56. The first-order valence-corrected chi connectivity index (χ1v) is 8.70. The van der Waals surface area contributed by atoms with E-state index in [1.165, 1.54) is 0 Å². The molecule has 130 valence electrons. The Balaban J connectivity index is 0.00000264. The number of hydrogen-bond donors (Lipinski definition) is 1. The first-order chi connectivity index (χ1) is 10.5. The molecule has 0 spiro atoms. The number of thioether (sulfide) groups is 1. The van der Waals surface area contributed by atoms with E-state index in [-0.39, 0.29) is 28.7 Å². The molecule has 5 nitrogen and oxygen atoms in total. The number of rotatable bonds is 4. The van der Waals surface area contributed by atoms with E-state index in [1.807, 2.05) is 30.0 Å². The summed E-state index contributed by atoms with van der Waals surface area (Å²) in [7, 11) is 1.63. The zero-order valence-electron chi connectivity index (χ0n) is 14.3. The molecule has 7 heteroatoms. The summed E-state index contributed by atoms with van der Waals surface area (Å²) in [6.45, 7) is 10.1. The van der Waals surface area contributed by atoms with E-state index in [0.29, 0.717) is 12.4 Å². The Hall–Kier alpha value is -0.700. The zero-order valence-corrected chi connectivity index (χ0v) is 17.5. The lowest BCUT2D eigenvalue weighted by Crippen LogP contribution is -2.50. The summed E-state index contributed by atoms with van der Waals surface area (Å²) in [6, 6.07) is 5.78. The minimum atomic E-state index is 0. The van der Waals surface area contributed by atoms with Gasteiger partial charge in [-0.05, 0) is 26.8 Å². The lowest BCUT2D eigenvalue weighted by molar-refractivity contribution is 0.375.